The maximum atomic E-state index is 13.4. The Balaban J connectivity index is 1.38. The predicted octanol–water partition coefficient (Wildman–Crippen LogP) is 3.01. The van der Waals surface area contributed by atoms with Crippen LogP contribution in [0.25, 0.3) is 11.2 Å². The number of nitrogens with one attached hydrogen (secondary N) is 1. The average molecular weight is 501 g/mol. The molecule has 2 aromatic heterocycles. The number of carbonyl (C=O) groups is 2. The molecule has 2 aromatic rings. The third-order valence-corrected chi connectivity index (χ3v) is 9.23. The van der Waals surface area contributed by atoms with Gasteiger partial charge in [-0.25, -0.2) is 14.6 Å². The van der Waals surface area contributed by atoms with E-state index in [1.54, 1.807) is 4.57 Å². The van der Waals surface area contributed by atoms with Gasteiger partial charge in [0.15, 0.2) is 5.65 Å². The number of imidazole rings is 1. The van der Waals surface area contributed by atoms with Crippen molar-refractivity contribution in [2.24, 2.45) is 10.8 Å². The lowest BCUT2D eigenvalue weighted by molar-refractivity contribution is -0.187. The maximum Gasteiger partial charge on any atom is 0.351 e. The molecule has 0 aromatic carbocycles. The summed E-state index contributed by atoms with van der Waals surface area (Å²) in [6.07, 6.45) is 4.09. The Hall–Kier alpha value is -2.91. The summed E-state index contributed by atoms with van der Waals surface area (Å²) >= 11 is 0. The van der Waals surface area contributed by atoms with Crippen LogP contribution in [0, 0.1) is 10.8 Å². The summed E-state index contributed by atoms with van der Waals surface area (Å²) < 4.78 is 14.5. The van der Waals surface area contributed by atoms with Gasteiger partial charge in [-0.15, -0.1) is 0 Å². The van der Waals surface area contributed by atoms with Gasteiger partial charge in [0.1, 0.15) is 17.4 Å². The Labute approximate surface area is 209 Å². The van der Waals surface area contributed by atoms with Crippen molar-refractivity contribution < 1.29 is 19.1 Å². The third kappa shape index (κ3) is 3.18. The normalized spacial score (nSPS) is 30.8. The third-order valence-electron chi connectivity index (χ3n) is 9.23. The van der Waals surface area contributed by atoms with Crippen LogP contribution in [0.3, 0.4) is 0 Å². The van der Waals surface area contributed by atoms with Crippen molar-refractivity contribution in [1.82, 2.24) is 19.1 Å². The van der Waals surface area contributed by atoms with E-state index in [4.69, 9.17) is 14.5 Å². The summed E-state index contributed by atoms with van der Waals surface area (Å²) in [7, 11) is 0. The second-order valence-corrected chi connectivity index (χ2v) is 11.4. The number of ether oxygens (including phenoxy) is 2. The van der Waals surface area contributed by atoms with Gasteiger partial charge in [-0.3, -0.25) is 18.7 Å². The molecule has 3 aliphatic rings. The molecule has 2 bridgehead atoms. The minimum Gasteiger partial charge on any atom is -0.459 e. The standard InChI is InChI=1S/C26H36N4O6/c1-6-12-29-19-17(20(31)30(13-7-2)23(29)34)27-18(28-19)15-8-9-16(14-15)35-22(33)26-11-10-25(5,21(32)36-26)24(26,3)4/h15-16H,6-14H2,1-5H3,(H,27,28). The molecule has 0 spiro atoms. The van der Waals surface area contributed by atoms with E-state index in [0.717, 1.165) is 12.8 Å². The Morgan fingerprint density at radius 1 is 1.08 bits per heavy atom. The molecule has 4 atom stereocenters. The van der Waals surface area contributed by atoms with Gasteiger partial charge >= 0.3 is 17.6 Å². The minimum atomic E-state index is -1.24. The zero-order valence-electron chi connectivity index (χ0n) is 21.8. The Morgan fingerprint density at radius 3 is 2.39 bits per heavy atom. The molecule has 5 rings (SSSR count). The highest BCUT2D eigenvalue weighted by atomic mass is 16.6. The van der Waals surface area contributed by atoms with Crippen LogP contribution in [0.15, 0.2) is 9.59 Å². The Morgan fingerprint density at radius 2 is 1.78 bits per heavy atom. The van der Waals surface area contributed by atoms with Gasteiger partial charge in [0.2, 0.25) is 5.60 Å². The van der Waals surface area contributed by atoms with Gasteiger partial charge in [0.25, 0.3) is 5.56 Å². The number of hydrogen-bond acceptors (Lipinski definition) is 7. The van der Waals surface area contributed by atoms with Crippen LogP contribution in [-0.2, 0) is 32.2 Å². The number of aromatic nitrogens is 4. The van der Waals surface area contributed by atoms with E-state index in [1.165, 1.54) is 4.57 Å². The molecule has 1 saturated heterocycles. The van der Waals surface area contributed by atoms with Crippen molar-refractivity contribution in [3.63, 3.8) is 0 Å². The van der Waals surface area contributed by atoms with Crippen molar-refractivity contribution in [2.75, 3.05) is 0 Å². The number of esters is 2. The molecule has 10 nitrogen and oxygen atoms in total. The van der Waals surface area contributed by atoms with Gasteiger partial charge in [-0.2, -0.15) is 0 Å². The van der Waals surface area contributed by atoms with Crippen LogP contribution in [0.1, 0.15) is 91.3 Å². The first-order chi connectivity index (χ1) is 17.0. The lowest BCUT2D eigenvalue weighted by Crippen LogP contribution is -2.49. The van der Waals surface area contributed by atoms with Gasteiger partial charge in [-0.1, -0.05) is 27.7 Å². The van der Waals surface area contributed by atoms with Gasteiger partial charge in [-0.05, 0) is 51.9 Å². The van der Waals surface area contributed by atoms with Crippen LogP contribution >= 0.6 is 0 Å². The fraction of sp³-hybridized carbons (Fsp3) is 0.731. The van der Waals surface area contributed by atoms with E-state index in [0.29, 0.717) is 62.2 Å². The van der Waals surface area contributed by atoms with Crippen molar-refractivity contribution in [3.8, 4) is 0 Å². The summed E-state index contributed by atoms with van der Waals surface area (Å²) in [4.78, 5) is 59.8. The van der Waals surface area contributed by atoms with Gasteiger partial charge < -0.3 is 14.5 Å². The molecule has 3 heterocycles. The van der Waals surface area contributed by atoms with Crippen LogP contribution in [-0.4, -0.2) is 42.7 Å². The Kier molecular flexibility index (Phi) is 5.72. The lowest BCUT2D eigenvalue weighted by Gasteiger charge is -2.35. The highest BCUT2D eigenvalue weighted by Gasteiger charge is 2.76. The fourth-order valence-corrected chi connectivity index (χ4v) is 6.47. The number of rotatable bonds is 7. The van der Waals surface area contributed by atoms with Crippen molar-refractivity contribution in [3.05, 3.63) is 26.7 Å². The van der Waals surface area contributed by atoms with Crippen molar-refractivity contribution in [1.29, 1.82) is 0 Å². The second kappa shape index (κ2) is 8.31. The molecule has 1 N–H and O–H groups in total. The molecule has 10 heteroatoms. The smallest absolute Gasteiger partial charge is 0.351 e. The minimum absolute atomic E-state index is 0.0371. The topological polar surface area (TPSA) is 125 Å². The molecule has 2 aliphatic carbocycles. The highest BCUT2D eigenvalue weighted by Crippen LogP contribution is 2.66. The molecule has 4 unspecified atom stereocenters. The number of hydrogen-bond donors (Lipinski definition) is 1. The van der Waals surface area contributed by atoms with E-state index in [9.17, 15) is 19.2 Å². The van der Waals surface area contributed by atoms with E-state index < -0.39 is 22.4 Å². The number of carbonyl (C=O) groups excluding carboxylic acids is 2. The van der Waals surface area contributed by atoms with E-state index >= 15 is 0 Å². The highest BCUT2D eigenvalue weighted by molar-refractivity contribution is 5.93. The molecule has 3 fully saturated rings. The fourth-order valence-electron chi connectivity index (χ4n) is 6.47. The predicted molar refractivity (Wildman–Crippen MR) is 132 cm³/mol. The molecule has 0 amide bonds. The zero-order chi connectivity index (χ0) is 26.0. The molecular formula is C26H36N4O6. The van der Waals surface area contributed by atoms with Crippen LogP contribution < -0.4 is 11.2 Å². The van der Waals surface area contributed by atoms with Crippen LogP contribution in [0.4, 0.5) is 0 Å². The molecule has 0 radical (unpaired) electrons. The second-order valence-electron chi connectivity index (χ2n) is 11.4. The summed E-state index contributed by atoms with van der Waals surface area (Å²) in [5.74, 6) is -0.186. The van der Waals surface area contributed by atoms with E-state index in [-0.39, 0.29) is 29.2 Å². The number of fused-ring (bicyclic) bond motifs is 3. The molecule has 196 valence electrons. The molecule has 1 aliphatic heterocycles. The summed E-state index contributed by atoms with van der Waals surface area (Å²) in [6.45, 7) is 10.4. The summed E-state index contributed by atoms with van der Waals surface area (Å²) in [5.41, 5.74) is -2.52. The molecule has 36 heavy (non-hydrogen) atoms. The quantitative estimate of drug-likeness (QED) is 0.579. The van der Waals surface area contributed by atoms with E-state index in [1.807, 2.05) is 34.6 Å². The Bertz CT molecular complexity index is 1350. The maximum absolute atomic E-state index is 13.4. The van der Waals surface area contributed by atoms with Gasteiger partial charge in [0.05, 0.1) is 5.41 Å². The van der Waals surface area contributed by atoms with Crippen LogP contribution in [0.5, 0.6) is 0 Å². The summed E-state index contributed by atoms with van der Waals surface area (Å²) in [6, 6.07) is 0. The first-order valence-corrected chi connectivity index (χ1v) is 13.2. The first kappa shape index (κ1) is 24.8. The summed E-state index contributed by atoms with van der Waals surface area (Å²) in [5, 5.41) is 0. The average Bonchev–Trinajstić information content (AvgIpc) is 3.55. The SMILES string of the molecule is CCCn1c(=O)c2[nH]c(C3CCC(OC(=O)C45CCC(C)(C(=O)O4)C5(C)C)C3)nc2n(CCC)c1=O. The first-order valence-electron chi connectivity index (χ1n) is 13.2. The number of H-pyrrole nitrogens is 1. The lowest BCUT2D eigenvalue weighted by atomic mass is 9.66. The zero-order valence-corrected chi connectivity index (χ0v) is 21.8. The van der Waals surface area contributed by atoms with Gasteiger partial charge in [0, 0.05) is 24.4 Å². The number of nitrogens with zero attached hydrogens (tertiary/aromatic N) is 3. The van der Waals surface area contributed by atoms with Crippen molar-refractivity contribution in [2.45, 2.75) is 110 Å². The van der Waals surface area contributed by atoms with Crippen LogP contribution in [0.2, 0.25) is 0 Å². The van der Waals surface area contributed by atoms with Crippen molar-refractivity contribution >= 4 is 23.1 Å². The number of aryl methyl sites for hydroxylation is 1. The monoisotopic (exact) mass is 500 g/mol. The molecular weight excluding hydrogens is 464 g/mol. The number of aromatic amines is 1. The molecule has 2 saturated carbocycles. The largest absolute Gasteiger partial charge is 0.459 e. The van der Waals surface area contributed by atoms with E-state index in [2.05, 4.69) is 4.98 Å².